The van der Waals surface area contributed by atoms with E-state index in [4.69, 9.17) is 5.73 Å². The Morgan fingerprint density at radius 1 is 1.38 bits per heavy atom. The van der Waals surface area contributed by atoms with Crippen LogP contribution in [0.5, 0.6) is 5.75 Å². The number of likely N-dealkylation sites (N-methyl/N-ethyl adjacent to an activating group) is 1. The van der Waals surface area contributed by atoms with E-state index in [-0.39, 0.29) is 12.0 Å². The van der Waals surface area contributed by atoms with Gasteiger partial charge >= 0.3 is 6.03 Å². The van der Waals surface area contributed by atoms with Crippen LogP contribution in [0.2, 0.25) is 0 Å². The summed E-state index contributed by atoms with van der Waals surface area (Å²) in [5.41, 5.74) is 10.6. The first kappa shape index (κ1) is 17.4. The fourth-order valence-corrected chi connectivity index (χ4v) is 5.45. The smallest absolute Gasteiger partial charge is 0.312 e. The molecule has 1 aromatic carbocycles. The van der Waals surface area contributed by atoms with Crippen molar-refractivity contribution in [3.05, 3.63) is 29.5 Å². The van der Waals surface area contributed by atoms with Gasteiger partial charge in [-0.2, -0.15) is 0 Å². The first-order chi connectivity index (χ1) is 12.4. The Hall–Kier alpha value is -2.05. The van der Waals surface area contributed by atoms with Gasteiger partial charge in [0.1, 0.15) is 17.6 Å². The van der Waals surface area contributed by atoms with Gasteiger partial charge in [-0.05, 0) is 45.4 Å². The number of urea groups is 1. The van der Waals surface area contributed by atoms with E-state index >= 15 is 0 Å². The van der Waals surface area contributed by atoms with Gasteiger partial charge in [-0.1, -0.05) is 0 Å². The summed E-state index contributed by atoms with van der Waals surface area (Å²) in [6, 6.07) is 3.85. The fourth-order valence-electron chi connectivity index (χ4n) is 5.45. The van der Waals surface area contributed by atoms with E-state index < -0.39 is 6.03 Å². The maximum absolute atomic E-state index is 11.4. The van der Waals surface area contributed by atoms with Gasteiger partial charge in [0.05, 0.1) is 13.1 Å². The molecular weight excluding hydrogens is 328 g/mol. The number of benzene rings is 1. The number of aromatic hydroxyl groups is 1. The second kappa shape index (κ2) is 5.99. The number of quaternary nitrogens is 1. The molecule has 0 spiro atoms. The first-order valence-electron chi connectivity index (χ1n) is 9.61. The molecule has 0 radical (unpaired) electrons. The molecule has 0 saturated carbocycles. The van der Waals surface area contributed by atoms with Crippen LogP contribution in [0, 0.1) is 0 Å². The summed E-state index contributed by atoms with van der Waals surface area (Å²) in [4.78, 5) is 13.7. The van der Waals surface area contributed by atoms with E-state index in [2.05, 4.69) is 37.3 Å². The Kier molecular flexibility index (Phi) is 4.00. The molecule has 26 heavy (non-hydrogen) atoms. The molecule has 0 bridgehead atoms. The maximum Gasteiger partial charge on any atom is 0.312 e. The second-order valence-corrected chi connectivity index (χ2v) is 8.01. The van der Waals surface area contributed by atoms with Gasteiger partial charge < -0.3 is 21.1 Å². The zero-order valence-electron chi connectivity index (χ0n) is 15.8. The Morgan fingerprint density at radius 3 is 2.77 bits per heavy atom. The van der Waals surface area contributed by atoms with Crippen LogP contribution in [0.15, 0.2) is 18.3 Å². The number of primary amides is 1. The van der Waals surface area contributed by atoms with Crippen molar-refractivity contribution >= 4 is 17.3 Å². The molecule has 1 fully saturated rings. The number of nitrogens with zero attached hydrogens (tertiary/aromatic N) is 2. The lowest BCUT2D eigenvalue weighted by Gasteiger charge is -2.46. The van der Waals surface area contributed by atoms with Crippen molar-refractivity contribution in [2.45, 2.75) is 44.7 Å². The van der Waals surface area contributed by atoms with E-state index in [0.717, 1.165) is 37.0 Å². The van der Waals surface area contributed by atoms with Crippen molar-refractivity contribution in [1.29, 1.82) is 0 Å². The van der Waals surface area contributed by atoms with Crippen LogP contribution in [-0.2, 0) is 0 Å². The SMILES string of the molecule is CC[N+]1(CC)C=C2C[C@@H]3C(C[C@H](NC(N)=O)CN3C)c3cc(O)cc1c32. The lowest BCUT2D eigenvalue weighted by molar-refractivity contribution is 0.131. The van der Waals surface area contributed by atoms with E-state index in [9.17, 15) is 9.90 Å². The molecule has 1 saturated heterocycles. The number of hydrogen-bond acceptors (Lipinski definition) is 3. The molecule has 2 heterocycles. The number of phenolic OH excluding ortho intramolecular Hbond substituents is 1. The minimum atomic E-state index is -0.466. The van der Waals surface area contributed by atoms with Crippen LogP contribution in [0.4, 0.5) is 10.5 Å². The summed E-state index contributed by atoms with van der Waals surface area (Å²) in [6.45, 7) is 7.18. The van der Waals surface area contributed by atoms with Gasteiger partial charge in [0.25, 0.3) is 0 Å². The Labute approximate surface area is 154 Å². The minimum Gasteiger partial charge on any atom is -0.508 e. The molecule has 4 N–H and O–H groups in total. The third kappa shape index (κ3) is 2.43. The molecule has 2 amide bonds. The molecule has 1 aromatic rings. The zero-order chi connectivity index (χ0) is 18.6. The van der Waals surface area contributed by atoms with Crippen molar-refractivity contribution < 1.29 is 9.90 Å². The number of amides is 2. The summed E-state index contributed by atoms with van der Waals surface area (Å²) in [7, 11) is 2.12. The van der Waals surface area contributed by atoms with E-state index in [1.54, 1.807) is 0 Å². The highest BCUT2D eigenvalue weighted by Crippen LogP contribution is 2.54. The number of piperidine rings is 1. The van der Waals surface area contributed by atoms with Crippen LogP contribution in [-0.4, -0.2) is 54.8 Å². The second-order valence-electron chi connectivity index (χ2n) is 8.01. The van der Waals surface area contributed by atoms with E-state index in [1.165, 1.54) is 22.4 Å². The number of likely N-dealkylation sites (tertiary alicyclic amines) is 1. The quantitative estimate of drug-likeness (QED) is 0.727. The zero-order valence-corrected chi connectivity index (χ0v) is 15.8. The van der Waals surface area contributed by atoms with Crippen molar-refractivity contribution in [1.82, 2.24) is 14.7 Å². The van der Waals surface area contributed by atoms with Gasteiger partial charge in [0, 0.05) is 41.7 Å². The highest BCUT2D eigenvalue weighted by Gasteiger charge is 2.47. The van der Waals surface area contributed by atoms with E-state index in [1.807, 2.05) is 12.1 Å². The third-order valence-electron chi connectivity index (χ3n) is 6.72. The Morgan fingerprint density at radius 2 is 2.12 bits per heavy atom. The van der Waals surface area contributed by atoms with Crippen molar-refractivity contribution in [3.63, 3.8) is 0 Å². The predicted octanol–water partition coefficient (Wildman–Crippen LogP) is 2.32. The summed E-state index contributed by atoms with van der Waals surface area (Å²) in [5, 5.41) is 13.4. The van der Waals surface area contributed by atoms with Gasteiger partial charge in [-0.15, -0.1) is 0 Å². The molecule has 140 valence electrons. The Balaban J connectivity index is 1.82. The molecular formula is C20H29N4O2+. The molecule has 6 nitrogen and oxygen atoms in total. The summed E-state index contributed by atoms with van der Waals surface area (Å²) in [5.74, 6) is 0.628. The average molecular weight is 357 g/mol. The summed E-state index contributed by atoms with van der Waals surface area (Å²) >= 11 is 0. The maximum atomic E-state index is 11.4. The first-order valence-corrected chi connectivity index (χ1v) is 9.61. The van der Waals surface area contributed by atoms with Crippen molar-refractivity contribution in [2.75, 3.05) is 26.7 Å². The molecule has 0 aromatic heterocycles. The van der Waals surface area contributed by atoms with Crippen LogP contribution >= 0.6 is 0 Å². The molecule has 3 aliphatic rings. The molecule has 3 atom stereocenters. The number of nitrogens with one attached hydrogen (secondary N) is 1. The van der Waals surface area contributed by atoms with Crippen LogP contribution in [0.1, 0.15) is 43.7 Å². The molecule has 4 rings (SSSR count). The Bertz CT molecular complexity index is 784. The molecule has 1 aliphatic carbocycles. The summed E-state index contributed by atoms with van der Waals surface area (Å²) in [6.07, 6.45) is 4.29. The van der Waals surface area contributed by atoms with Gasteiger partial charge in [0.2, 0.25) is 0 Å². The number of rotatable bonds is 3. The number of fused-ring (bicyclic) bond motifs is 2. The number of nitrogens with two attached hydrogens (primary N) is 1. The van der Waals surface area contributed by atoms with Crippen LogP contribution < -0.4 is 15.5 Å². The van der Waals surface area contributed by atoms with Gasteiger partial charge in [0.15, 0.2) is 0 Å². The number of carbonyl (C=O) groups excluding carboxylic acids is 1. The van der Waals surface area contributed by atoms with Crippen molar-refractivity contribution in [3.8, 4) is 5.75 Å². The number of phenols is 1. The molecule has 1 unspecified atom stereocenters. The third-order valence-corrected chi connectivity index (χ3v) is 6.72. The minimum absolute atomic E-state index is 0.0419. The van der Waals surface area contributed by atoms with Crippen molar-refractivity contribution in [2.24, 2.45) is 5.73 Å². The highest BCUT2D eigenvalue weighted by atomic mass is 16.3. The number of hydrogen-bond donors (Lipinski definition) is 3. The largest absolute Gasteiger partial charge is 0.508 e. The predicted molar refractivity (Wildman–Crippen MR) is 104 cm³/mol. The standard InChI is InChI=1S/C20H28N4O2/c1-4-24(5-2)11-12-6-17-15(7-13(10-23(17)3)22-20(21)26)16-8-14(25)9-18(24)19(12)16/h8-9,11,13,15,17H,4-7,10H2,1-3H3,(H3-,21,22,25,26)/p+1/t13-,15?,17+/m0/s1. The van der Waals surface area contributed by atoms with E-state index in [0.29, 0.717) is 11.8 Å². The topological polar surface area (TPSA) is 78.6 Å². The lowest BCUT2D eigenvalue weighted by Crippen LogP contribution is -2.55. The normalized spacial score (nSPS) is 28.9. The molecule has 6 heteroatoms. The average Bonchev–Trinajstić information content (AvgIpc) is 2.90. The van der Waals surface area contributed by atoms with Crippen LogP contribution in [0.25, 0.3) is 5.57 Å². The molecule has 2 aliphatic heterocycles. The lowest BCUT2D eigenvalue weighted by atomic mass is 9.71. The highest BCUT2D eigenvalue weighted by molar-refractivity contribution is 5.87. The van der Waals surface area contributed by atoms with Gasteiger partial charge in [-0.25, -0.2) is 4.79 Å². The van der Waals surface area contributed by atoms with Crippen LogP contribution in [0.3, 0.4) is 0 Å². The van der Waals surface area contributed by atoms with Gasteiger partial charge in [-0.3, -0.25) is 4.48 Å². The number of carbonyl (C=O) groups is 1. The summed E-state index contributed by atoms with van der Waals surface area (Å²) < 4.78 is 0.804. The fraction of sp³-hybridized carbons (Fsp3) is 0.550. The monoisotopic (exact) mass is 357 g/mol.